The van der Waals surface area contributed by atoms with Gasteiger partial charge in [0.25, 0.3) is 0 Å². The van der Waals surface area contributed by atoms with Gasteiger partial charge in [-0.05, 0) is 24.1 Å². The van der Waals surface area contributed by atoms with Gasteiger partial charge in [-0.3, -0.25) is 4.99 Å². The molecular weight excluding hydrogens is 473 g/mol. The van der Waals surface area contributed by atoms with E-state index in [-0.39, 0.29) is 24.0 Å². The van der Waals surface area contributed by atoms with E-state index in [1.807, 2.05) is 6.20 Å². The lowest BCUT2D eigenvalue weighted by atomic mass is 10.2. The molecule has 0 fully saturated rings. The highest BCUT2D eigenvalue weighted by Gasteiger charge is 2.02. The van der Waals surface area contributed by atoms with Gasteiger partial charge in [0.05, 0.1) is 11.6 Å². The zero-order valence-electron chi connectivity index (χ0n) is 16.2. The number of rotatable bonds is 10. The molecule has 8 heteroatoms. The van der Waals surface area contributed by atoms with Crippen LogP contribution in [0.5, 0.6) is 0 Å². The molecule has 0 amide bonds. The van der Waals surface area contributed by atoms with E-state index in [0.29, 0.717) is 6.61 Å². The average molecular weight is 503 g/mol. The SMILES string of the molecule is CCc1cnc(CCNC(=NC)NCc2ccc(NCCOC)cc2)s1.I. The molecule has 0 spiro atoms. The Labute approximate surface area is 183 Å². The van der Waals surface area contributed by atoms with Crippen LogP contribution in [0.3, 0.4) is 0 Å². The largest absolute Gasteiger partial charge is 0.383 e. The van der Waals surface area contributed by atoms with Crippen molar-refractivity contribution >= 4 is 47.0 Å². The normalized spacial score (nSPS) is 11.0. The molecule has 1 heterocycles. The summed E-state index contributed by atoms with van der Waals surface area (Å²) in [6.07, 6.45) is 3.93. The van der Waals surface area contributed by atoms with Gasteiger partial charge in [-0.25, -0.2) is 4.98 Å². The number of halogens is 1. The van der Waals surface area contributed by atoms with E-state index in [0.717, 1.165) is 44.1 Å². The second-order valence-electron chi connectivity index (χ2n) is 5.79. The Kier molecular flexibility index (Phi) is 12.0. The summed E-state index contributed by atoms with van der Waals surface area (Å²) in [5.74, 6) is 0.805. The molecule has 0 atom stereocenters. The van der Waals surface area contributed by atoms with Crippen LogP contribution < -0.4 is 16.0 Å². The summed E-state index contributed by atoms with van der Waals surface area (Å²) >= 11 is 1.79. The Balaban J connectivity index is 0.00000364. The van der Waals surface area contributed by atoms with Crippen LogP contribution in [-0.2, 0) is 24.1 Å². The zero-order valence-corrected chi connectivity index (χ0v) is 19.4. The lowest BCUT2D eigenvalue weighted by Gasteiger charge is -2.12. The highest BCUT2D eigenvalue weighted by Crippen LogP contribution is 2.13. The molecule has 3 N–H and O–H groups in total. The van der Waals surface area contributed by atoms with Crippen molar-refractivity contribution < 1.29 is 4.74 Å². The standard InChI is InChI=1S/C19H29N5OS.HI/c1-4-17-14-23-18(26-17)9-10-22-19(20-2)24-13-15-5-7-16(8-6-15)21-11-12-25-3;/h5-8,14,21H,4,9-13H2,1-3H3,(H2,20,22,24);1H. The van der Waals surface area contributed by atoms with E-state index in [1.54, 1.807) is 25.5 Å². The van der Waals surface area contributed by atoms with Crippen molar-refractivity contribution in [2.75, 3.05) is 39.2 Å². The predicted octanol–water partition coefficient (Wildman–Crippen LogP) is 3.29. The summed E-state index contributed by atoms with van der Waals surface area (Å²) in [4.78, 5) is 10.1. The van der Waals surface area contributed by atoms with Gasteiger partial charge in [-0.15, -0.1) is 35.3 Å². The third kappa shape index (κ3) is 8.89. The van der Waals surface area contributed by atoms with Crippen LogP contribution >= 0.6 is 35.3 Å². The number of ether oxygens (including phenoxy) is 1. The number of nitrogens with zero attached hydrogens (tertiary/aromatic N) is 2. The summed E-state index contributed by atoms with van der Waals surface area (Å²) in [5, 5.41) is 11.2. The Hall–Kier alpha value is -1.39. The van der Waals surface area contributed by atoms with Crippen molar-refractivity contribution in [2.45, 2.75) is 26.3 Å². The van der Waals surface area contributed by atoms with Gasteiger partial charge in [-0.2, -0.15) is 0 Å². The maximum absolute atomic E-state index is 5.04. The first-order valence-electron chi connectivity index (χ1n) is 8.95. The number of benzene rings is 1. The van der Waals surface area contributed by atoms with Crippen molar-refractivity contribution in [3.8, 4) is 0 Å². The molecule has 1 aromatic heterocycles. The molecule has 0 saturated carbocycles. The number of thiazole rings is 1. The van der Waals surface area contributed by atoms with Gasteiger partial charge in [0.1, 0.15) is 0 Å². The number of aryl methyl sites for hydroxylation is 1. The molecule has 0 unspecified atom stereocenters. The molecule has 0 bridgehead atoms. The Morgan fingerprint density at radius 1 is 1.19 bits per heavy atom. The summed E-state index contributed by atoms with van der Waals surface area (Å²) in [6, 6.07) is 8.38. The van der Waals surface area contributed by atoms with E-state index in [9.17, 15) is 0 Å². The molecule has 27 heavy (non-hydrogen) atoms. The van der Waals surface area contributed by atoms with Crippen molar-refractivity contribution in [2.24, 2.45) is 4.99 Å². The van der Waals surface area contributed by atoms with Crippen molar-refractivity contribution in [1.82, 2.24) is 15.6 Å². The fraction of sp³-hybridized carbons (Fsp3) is 0.474. The zero-order chi connectivity index (χ0) is 18.6. The first kappa shape index (κ1) is 23.6. The number of aliphatic imine (C=N–C) groups is 1. The number of nitrogens with one attached hydrogen (secondary N) is 3. The van der Waals surface area contributed by atoms with Crippen molar-refractivity contribution in [1.29, 1.82) is 0 Å². The second kappa shape index (κ2) is 13.7. The molecule has 2 rings (SSSR count). The van der Waals surface area contributed by atoms with Gasteiger partial charge in [-0.1, -0.05) is 19.1 Å². The van der Waals surface area contributed by atoms with Crippen LogP contribution in [0.4, 0.5) is 5.69 Å². The average Bonchev–Trinajstić information content (AvgIpc) is 3.14. The van der Waals surface area contributed by atoms with E-state index in [4.69, 9.17) is 4.74 Å². The molecule has 1 aromatic carbocycles. The Bertz CT molecular complexity index is 675. The smallest absolute Gasteiger partial charge is 0.191 e. The van der Waals surface area contributed by atoms with E-state index in [2.05, 4.69) is 57.1 Å². The third-order valence-corrected chi connectivity index (χ3v) is 5.06. The lowest BCUT2D eigenvalue weighted by Crippen LogP contribution is -2.37. The highest BCUT2D eigenvalue weighted by molar-refractivity contribution is 14.0. The van der Waals surface area contributed by atoms with Crippen LogP contribution in [0.1, 0.15) is 22.4 Å². The van der Waals surface area contributed by atoms with Gasteiger partial charge in [0.15, 0.2) is 5.96 Å². The summed E-state index contributed by atoms with van der Waals surface area (Å²) < 4.78 is 5.04. The monoisotopic (exact) mass is 503 g/mol. The molecule has 6 nitrogen and oxygen atoms in total. The number of guanidine groups is 1. The summed E-state index contributed by atoms with van der Waals surface area (Å²) in [7, 11) is 3.49. The first-order chi connectivity index (χ1) is 12.7. The molecule has 0 saturated heterocycles. The Morgan fingerprint density at radius 2 is 1.96 bits per heavy atom. The fourth-order valence-electron chi connectivity index (χ4n) is 2.36. The minimum atomic E-state index is 0. The first-order valence-corrected chi connectivity index (χ1v) is 9.76. The third-order valence-electron chi connectivity index (χ3n) is 3.85. The second-order valence-corrected chi connectivity index (χ2v) is 6.99. The molecule has 0 aliphatic carbocycles. The number of hydrogen-bond acceptors (Lipinski definition) is 5. The predicted molar refractivity (Wildman–Crippen MR) is 126 cm³/mol. The molecular formula is C19H30IN5OS. The molecule has 0 radical (unpaired) electrons. The maximum Gasteiger partial charge on any atom is 0.191 e. The maximum atomic E-state index is 5.04. The number of aromatic nitrogens is 1. The fourth-order valence-corrected chi connectivity index (χ4v) is 3.22. The quantitative estimate of drug-likeness (QED) is 0.201. The van der Waals surface area contributed by atoms with Crippen LogP contribution in [0, 0.1) is 0 Å². The van der Waals surface area contributed by atoms with Crippen LogP contribution in [0.2, 0.25) is 0 Å². The molecule has 150 valence electrons. The number of hydrogen-bond donors (Lipinski definition) is 3. The topological polar surface area (TPSA) is 70.6 Å². The van der Waals surface area contributed by atoms with Crippen LogP contribution in [-0.4, -0.2) is 44.8 Å². The van der Waals surface area contributed by atoms with Crippen molar-refractivity contribution in [3.05, 3.63) is 45.9 Å². The number of methoxy groups -OCH3 is 1. The minimum Gasteiger partial charge on any atom is -0.383 e. The summed E-state index contributed by atoms with van der Waals surface area (Å²) in [6.45, 7) is 5.22. The van der Waals surface area contributed by atoms with E-state index >= 15 is 0 Å². The Morgan fingerprint density at radius 3 is 2.59 bits per heavy atom. The molecule has 2 aromatic rings. The van der Waals surface area contributed by atoms with E-state index in [1.165, 1.54) is 15.4 Å². The highest BCUT2D eigenvalue weighted by atomic mass is 127. The molecule has 0 aliphatic rings. The van der Waals surface area contributed by atoms with Gasteiger partial charge in [0, 0.05) is 57.0 Å². The summed E-state index contributed by atoms with van der Waals surface area (Å²) in [5.41, 5.74) is 2.31. The van der Waals surface area contributed by atoms with Crippen molar-refractivity contribution in [3.63, 3.8) is 0 Å². The van der Waals surface area contributed by atoms with Gasteiger partial charge in [0.2, 0.25) is 0 Å². The van der Waals surface area contributed by atoms with Gasteiger partial charge >= 0.3 is 0 Å². The van der Waals surface area contributed by atoms with E-state index < -0.39 is 0 Å². The van der Waals surface area contributed by atoms with Gasteiger partial charge < -0.3 is 20.7 Å². The van der Waals surface area contributed by atoms with Crippen LogP contribution in [0.25, 0.3) is 0 Å². The van der Waals surface area contributed by atoms with Crippen LogP contribution in [0.15, 0.2) is 35.5 Å². The minimum absolute atomic E-state index is 0. The molecule has 0 aliphatic heterocycles. The number of anilines is 1. The lowest BCUT2D eigenvalue weighted by molar-refractivity contribution is 0.211.